The molecule has 0 aliphatic carbocycles. The van der Waals surface area contributed by atoms with Crippen molar-refractivity contribution in [3.63, 3.8) is 0 Å². The molecule has 0 saturated heterocycles. The predicted octanol–water partition coefficient (Wildman–Crippen LogP) is 7.04. The van der Waals surface area contributed by atoms with E-state index in [1.807, 2.05) is 60.7 Å². The Hall–Kier alpha value is -4.32. The highest BCUT2D eigenvalue weighted by Gasteiger charge is 2.04. The average Bonchev–Trinajstić information content (AvgIpc) is 2.94. The summed E-state index contributed by atoms with van der Waals surface area (Å²) in [5.41, 5.74) is 3.36. The lowest BCUT2D eigenvalue weighted by Gasteiger charge is -2.08. The lowest BCUT2D eigenvalue weighted by atomic mass is 10.1. The molecular formula is C32H34O6. The second kappa shape index (κ2) is 15.1. The number of carbonyl (C=O) groups is 2. The van der Waals surface area contributed by atoms with E-state index < -0.39 is 5.97 Å². The number of hydrogen-bond donors (Lipinski definition) is 0. The summed E-state index contributed by atoms with van der Waals surface area (Å²) < 4.78 is 21.5. The lowest BCUT2D eigenvalue weighted by Crippen LogP contribution is -2.06. The lowest BCUT2D eigenvalue weighted by molar-refractivity contribution is -0.139. The van der Waals surface area contributed by atoms with Crippen LogP contribution in [0.2, 0.25) is 0 Å². The van der Waals surface area contributed by atoms with Crippen LogP contribution in [0.15, 0.2) is 91.0 Å². The van der Waals surface area contributed by atoms with Crippen molar-refractivity contribution in [1.29, 1.82) is 0 Å². The molecule has 0 atom stereocenters. The van der Waals surface area contributed by atoms with Crippen LogP contribution in [-0.4, -0.2) is 32.3 Å². The fourth-order valence-electron chi connectivity index (χ4n) is 3.52. The van der Waals surface area contributed by atoms with E-state index in [4.69, 9.17) is 18.9 Å². The van der Waals surface area contributed by atoms with E-state index >= 15 is 0 Å². The summed E-state index contributed by atoms with van der Waals surface area (Å²) in [5, 5.41) is 0. The molecular weight excluding hydrogens is 480 g/mol. The van der Waals surface area contributed by atoms with Crippen LogP contribution in [0.4, 0.5) is 0 Å². The standard InChI is InChI=1S/C32H34O6/c1-24(2)32(34)37-23-7-5-4-6-22-36-29-17-11-26(12-18-29)27-13-19-30(20-14-27)38-31(33)21-10-25-8-15-28(35-3)16-9-25/h8-21H,1,4-7,22-23H2,2-3H3/b21-10+. The summed E-state index contributed by atoms with van der Waals surface area (Å²) in [6, 6.07) is 22.7. The Morgan fingerprint density at radius 3 is 1.87 bits per heavy atom. The van der Waals surface area contributed by atoms with E-state index in [2.05, 4.69) is 6.58 Å². The van der Waals surface area contributed by atoms with Crippen LogP contribution in [0.1, 0.15) is 38.2 Å². The topological polar surface area (TPSA) is 71.1 Å². The minimum absolute atomic E-state index is 0.328. The number of benzene rings is 3. The van der Waals surface area contributed by atoms with Crippen molar-refractivity contribution in [3.8, 4) is 28.4 Å². The van der Waals surface area contributed by atoms with Gasteiger partial charge >= 0.3 is 11.9 Å². The van der Waals surface area contributed by atoms with Crippen LogP contribution < -0.4 is 14.2 Å². The van der Waals surface area contributed by atoms with Crippen molar-refractivity contribution in [2.45, 2.75) is 32.6 Å². The molecule has 0 spiro atoms. The number of unbranched alkanes of at least 4 members (excludes halogenated alkanes) is 3. The van der Waals surface area contributed by atoms with Crippen LogP contribution in [0.3, 0.4) is 0 Å². The van der Waals surface area contributed by atoms with Gasteiger partial charge in [0, 0.05) is 11.6 Å². The zero-order valence-electron chi connectivity index (χ0n) is 22.0. The summed E-state index contributed by atoms with van der Waals surface area (Å²) in [7, 11) is 1.61. The van der Waals surface area contributed by atoms with Gasteiger partial charge in [-0.1, -0.05) is 43.0 Å². The van der Waals surface area contributed by atoms with Gasteiger partial charge in [0.25, 0.3) is 0 Å². The summed E-state index contributed by atoms with van der Waals surface area (Å²) in [4.78, 5) is 23.5. The number of hydrogen-bond acceptors (Lipinski definition) is 6. The molecule has 0 aliphatic heterocycles. The summed E-state index contributed by atoms with van der Waals surface area (Å²) in [5.74, 6) is 1.29. The van der Waals surface area contributed by atoms with Gasteiger partial charge in [0.15, 0.2) is 0 Å². The van der Waals surface area contributed by atoms with Gasteiger partial charge in [-0.2, -0.15) is 0 Å². The molecule has 0 radical (unpaired) electrons. The Bertz CT molecular complexity index is 1210. The zero-order valence-corrected chi connectivity index (χ0v) is 22.0. The van der Waals surface area contributed by atoms with Crippen molar-refractivity contribution in [3.05, 3.63) is 96.6 Å². The Morgan fingerprint density at radius 2 is 1.29 bits per heavy atom. The summed E-state index contributed by atoms with van der Waals surface area (Å²) >= 11 is 0. The Labute approximate surface area is 224 Å². The van der Waals surface area contributed by atoms with Crippen molar-refractivity contribution in [2.24, 2.45) is 0 Å². The fourth-order valence-corrected chi connectivity index (χ4v) is 3.52. The maximum absolute atomic E-state index is 12.2. The maximum atomic E-state index is 12.2. The van der Waals surface area contributed by atoms with Crippen LogP contribution in [0.5, 0.6) is 17.2 Å². The molecule has 0 amide bonds. The smallest absolute Gasteiger partial charge is 0.336 e. The molecule has 6 nitrogen and oxygen atoms in total. The van der Waals surface area contributed by atoms with E-state index in [0.717, 1.165) is 53.9 Å². The number of ether oxygens (including phenoxy) is 4. The molecule has 0 saturated carbocycles. The quantitative estimate of drug-likeness (QED) is 0.0994. The van der Waals surface area contributed by atoms with E-state index in [9.17, 15) is 9.59 Å². The van der Waals surface area contributed by atoms with Gasteiger partial charge in [-0.3, -0.25) is 0 Å². The monoisotopic (exact) mass is 514 g/mol. The molecule has 0 N–H and O–H groups in total. The summed E-state index contributed by atoms with van der Waals surface area (Å²) in [6.07, 6.45) is 6.87. The van der Waals surface area contributed by atoms with Crippen molar-refractivity contribution >= 4 is 18.0 Å². The predicted molar refractivity (Wildman–Crippen MR) is 149 cm³/mol. The van der Waals surface area contributed by atoms with E-state index in [1.54, 1.807) is 32.2 Å². The Morgan fingerprint density at radius 1 is 0.737 bits per heavy atom. The molecule has 0 fully saturated rings. The van der Waals surface area contributed by atoms with E-state index in [1.165, 1.54) is 6.08 Å². The first kappa shape index (κ1) is 28.3. The Kier molecular flexibility index (Phi) is 11.2. The molecule has 6 heteroatoms. The molecule has 0 aliphatic rings. The molecule has 0 bridgehead atoms. The third-order valence-corrected chi connectivity index (χ3v) is 5.68. The van der Waals surface area contributed by atoms with Gasteiger partial charge in [0.2, 0.25) is 0 Å². The first-order chi connectivity index (χ1) is 18.4. The highest BCUT2D eigenvalue weighted by atomic mass is 16.5. The Balaban J connectivity index is 1.37. The minimum Gasteiger partial charge on any atom is -0.497 e. The summed E-state index contributed by atoms with van der Waals surface area (Å²) in [6.45, 7) is 6.28. The molecule has 3 rings (SSSR count). The second-order valence-electron chi connectivity index (χ2n) is 8.76. The van der Waals surface area contributed by atoms with Crippen LogP contribution >= 0.6 is 0 Å². The second-order valence-corrected chi connectivity index (χ2v) is 8.76. The number of carbonyl (C=O) groups excluding carboxylic acids is 2. The van der Waals surface area contributed by atoms with E-state index in [-0.39, 0.29) is 5.97 Å². The van der Waals surface area contributed by atoms with Gasteiger partial charge in [0.1, 0.15) is 17.2 Å². The van der Waals surface area contributed by atoms with Crippen molar-refractivity contribution in [2.75, 3.05) is 20.3 Å². The van der Waals surface area contributed by atoms with E-state index in [0.29, 0.717) is 24.5 Å². The van der Waals surface area contributed by atoms with Crippen molar-refractivity contribution in [1.82, 2.24) is 0 Å². The largest absolute Gasteiger partial charge is 0.497 e. The molecule has 0 unspecified atom stereocenters. The van der Waals surface area contributed by atoms with Gasteiger partial charge in [-0.25, -0.2) is 9.59 Å². The fraction of sp³-hybridized carbons (Fsp3) is 0.250. The number of esters is 2. The molecule has 38 heavy (non-hydrogen) atoms. The zero-order chi connectivity index (χ0) is 27.2. The maximum Gasteiger partial charge on any atom is 0.336 e. The van der Waals surface area contributed by atoms with Crippen LogP contribution in [0.25, 0.3) is 17.2 Å². The third-order valence-electron chi connectivity index (χ3n) is 5.68. The van der Waals surface area contributed by atoms with Gasteiger partial charge in [-0.15, -0.1) is 0 Å². The number of methoxy groups -OCH3 is 1. The SMILES string of the molecule is C=C(C)C(=O)OCCCCCCOc1ccc(-c2ccc(OC(=O)/C=C/c3ccc(OC)cc3)cc2)cc1. The normalized spacial score (nSPS) is 10.7. The van der Waals surface area contributed by atoms with Gasteiger partial charge < -0.3 is 18.9 Å². The first-order valence-electron chi connectivity index (χ1n) is 12.6. The van der Waals surface area contributed by atoms with Crippen LogP contribution in [-0.2, 0) is 14.3 Å². The average molecular weight is 515 g/mol. The highest BCUT2D eigenvalue weighted by Crippen LogP contribution is 2.25. The molecule has 198 valence electrons. The third kappa shape index (κ3) is 9.62. The molecule has 3 aromatic carbocycles. The first-order valence-corrected chi connectivity index (χ1v) is 12.6. The van der Waals surface area contributed by atoms with Crippen molar-refractivity contribution < 1.29 is 28.5 Å². The molecule has 0 heterocycles. The minimum atomic E-state index is -0.443. The number of rotatable bonds is 14. The van der Waals surface area contributed by atoms with Gasteiger partial charge in [0.05, 0.1) is 20.3 Å². The molecule has 0 aromatic heterocycles. The van der Waals surface area contributed by atoms with Crippen LogP contribution in [0, 0.1) is 0 Å². The van der Waals surface area contributed by atoms with Gasteiger partial charge in [-0.05, 0) is 91.8 Å². The molecule has 3 aromatic rings. The highest BCUT2D eigenvalue weighted by molar-refractivity contribution is 5.89.